The van der Waals surface area contributed by atoms with Crippen molar-refractivity contribution < 1.29 is 33.4 Å². The number of nitrogens with zero attached hydrogens (tertiary/aromatic N) is 4. The van der Waals surface area contributed by atoms with Crippen molar-refractivity contribution in [3.05, 3.63) is 72.1 Å². The molecule has 0 unspecified atom stereocenters. The lowest BCUT2D eigenvalue weighted by molar-refractivity contribution is -0.136. The van der Waals surface area contributed by atoms with Crippen molar-refractivity contribution in [1.29, 1.82) is 0 Å². The number of amides is 4. The molecule has 3 fully saturated rings. The molecular weight excluding hydrogens is 905 g/mol. The van der Waals surface area contributed by atoms with Gasteiger partial charge in [-0.15, -0.1) is 0 Å². The largest absolute Gasteiger partial charge is 0.453 e. The predicted octanol–water partition coefficient (Wildman–Crippen LogP) is 7.89. The predicted molar refractivity (Wildman–Crippen MR) is 269 cm³/mol. The van der Waals surface area contributed by atoms with Crippen LogP contribution in [0, 0.1) is 11.3 Å². The van der Waals surface area contributed by atoms with Crippen LogP contribution in [0.2, 0.25) is 0 Å². The van der Waals surface area contributed by atoms with Crippen LogP contribution in [0.4, 0.5) is 9.59 Å². The molecule has 15 nitrogen and oxygen atoms in total. The maximum atomic E-state index is 14.2. The number of imidazole rings is 2. The Hall–Kier alpha value is -4.30. The average molecular weight is 971 g/mol. The summed E-state index contributed by atoms with van der Waals surface area (Å²) in [5, 5.41) is 5.53. The summed E-state index contributed by atoms with van der Waals surface area (Å²) in [5.41, 5.74) is 6.69. The molecule has 4 aromatic rings. The summed E-state index contributed by atoms with van der Waals surface area (Å²) in [5.74, 6) is 1.15. The molecule has 1 aliphatic carbocycles. The Labute approximate surface area is 409 Å². The van der Waals surface area contributed by atoms with E-state index in [1.165, 1.54) is 14.2 Å². The monoisotopic (exact) mass is 970 g/mol. The van der Waals surface area contributed by atoms with E-state index in [0.29, 0.717) is 32.7 Å². The zero-order chi connectivity index (χ0) is 42.7. The molecule has 2 saturated heterocycles. The van der Waals surface area contributed by atoms with Gasteiger partial charge < -0.3 is 44.6 Å². The lowest BCUT2D eigenvalue weighted by Gasteiger charge is -2.30. The number of aromatic amines is 2. The second-order valence-corrected chi connectivity index (χ2v) is 17.5. The number of aromatic nitrogens is 4. The van der Waals surface area contributed by atoms with Crippen LogP contribution in [0.5, 0.6) is 0 Å². The molecule has 1 spiro atoms. The first-order chi connectivity index (χ1) is 29.6. The zero-order valence-electron chi connectivity index (χ0n) is 37.6. The van der Waals surface area contributed by atoms with E-state index in [1.807, 2.05) is 29.8 Å². The number of H-pyrrole nitrogens is 2. The molecular formula is C46H66N8O7S4. The molecule has 19 heteroatoms. The number of fused-ring (bicyclic) bond motifs is 4. The van der Waals surface area contributed by atoms with Crippen molar-refractivity contribution in [2.75, 3.05) is 33.9 Å². The van der Waals surface area contributed by atoms with Gasteiger partial charge in [0.25, 0.3) is 0 Å². The number of hydrogen-bond donors (Lipinski definition) is 4. The highest BCUT2D eigenvalue weighted by Gasteiger charge is 2.55. The van der Waals surface area contributed by atoms with Gasteiger partial charge in [-0.1, -0.05) is 81.6 Å². The molecule has 4 aliphatic rings. The Kier molecular flexibility index (Phi) is 19.2. The fourth-order valence-electron chi connectivity index (χ4n) is 9.25. The lowest BCUT2D eigenvalue weighted by Crippen LogP contribution is -2.51. The third kappa shape index (κ3) is 12.0. The minimum Gasteiger partial charge on any atom is -0.453 e. The third-order valence-corrected chi connectivity index (χ3v) is 12.9. The van der Waals surface area contributed by atoms with Gasteiger partial charge in [-0.2, -0.15) is 54.0 Å². The Balaban J connectivity index is 0.00000231. The van der Waals surface area contributed by atoms with Gasteiger partial charge in [-0.05, 0) is 73.0 Å². The number of alkyl carbamates (subject to hydrolysis) is 2. The second kappa shape index (κ2) is 23.4. The van der Waals surface area contributed by atoms with Crippen molar-refractivity contribution >= 4 is 78.0 Å². The quantitative estimate of drug-likeness (QED) is 0.136. The number of rotatable bonds is 8. The van der Waals surface area contributed by atoms with Crippen LogP contribution in [0.1, 0.15) is 107 Å². The number of nitrogens with one attached hydrogen (secondary N) is 4. The summed E-state index contributed by atoms with van der Waals surface area (Å²) in [6.45, 7) is 6.07. The fourth-order valence-corrected chi connectivity index (χ4v) is 9.25. The normalized spacial score (nSPS) is 20.6. The topological polar surface area (TPSA) is 184 Å². The highest BCUT2D eigenvalue weighted by Crippen LogP contribution is 2.58. The molecule has 4 N–H and O–H groups in total. The first-order valence-electron chi connectivity index (χ1n) is 21.8. The van der Waals surface area contributed by atoms with Gasteiger partial charge in [0.2, 0.25) is 11.8 Å². The summed E-state index contributed by atoms with van der Waals surface area (Å²) in [6, 6.07) is 14.9. The van der Waals surface area contributed by atoms with Gasteiger partial charge >= 0.3 is 12.2 Å². The van der Waals surface area contributed by atoms with Crippen molar-refractivity contribution in [2.24, 2.45) is 11.3 Å². The number of carbonyl (C=O) groups excluding carboxylic acids is 4. The summed E-state index contributed by atoms with van der Waals surface area (Å²) >= 11 is 0. The molecule has 5 heterocycles. The third-order valence-electron chi connectivity index (χ3n) is 12.9. The van der Waals surface area contributed by atoms with E-state index >= 15 is 0 Å². The summed E-state index contributed by atoms with van der Waals surface area (Å²) < 4.78 is 15.9. The number of likely N-dealkylation sites (tertiary alicyclic amines) is 1. The molecule has 356 valence electrons. The van der Waals surface area contributed by atoms with E-state index in [2.05, 4.69) is 69.1 Å². The van der Waals surface area contributed by atoms with Crippen molar-refractivity contribution in [1.82, 2.24) is 40.4 Å². The van der Waals surface area contributed by atoms with Crippen LogP contribution in [0.15, 0.2) is 54.7 Å². The van der Waals surface area contributed by atoms with Gasteiger partial charge in [-0.25, -0.2) is 19.6 Å². The number of ether oxygens (including phenoxy) is 3. The van der Waals surface area contributed by atoms with E-state index in [4.69, 9.17) is 24.2 Å². The first kappa shape index (κ1) is 53.3. The van der Waals surface area contributed by atoms with E-state index < -0.39 is 24.3 Å². The molecule has 2 aromatic carbocycles. The summed E-state index contributed by atoms with van der Waals surface area (Å²) in [4.78, 5) is 72.8. The van der Waals surface area contributed by atoms with Gasteiger partial charge in [0.05, 0.1) is 56.2 Å². The average Bonchev–Trinajstić information content (AvgIpc) is 3.76. The van der Waals surface area contributed by atoms with Gasteiger partial charge in [0.15, 0.2) is 0 Å². The second-order valence-electron chi connectivity index (χ2n) is 17.5. The summed E-state index contributed by atoms with van der Waals surface area (Å²) in [6.07, 6.45) is 9.42. The van der Waals surface area contributed by atoms with E-state index in [9.17, 15) is 19.2 Å². The Morgan fingerprint density at radius 3 is 2.09 bits per heavy atom. The number of hydrogen-bond acceptors (Lipinski definition) is 9. The number of carbonyl (C=O) groups is 4. The molecule has 2 aromatic heterocycles. The van der Waals surface area contributed by atoms with Gasteiger partial charge in [0, 0.05) is 25.3 Å². The highest BCUT2D eigenvalue weighted by molar-refractivity contribution is 7.59. The molecule has 3 aliphatic heterocycles. The Morgan fingerprint density at radius 1 is 0.800 bits per heavy atom. The first-order valence-corrected chi connectivity index (χ1v) is 21.8. The number of benzene rings is 2. The Bertz CT molecular complexity index is 2220. The molecule has 65 heavy (non-hydrogen) atoms. The van der Waals surface area contributed by atoms with Crippen LogP contribution in [-0.4, -0.2) is 99.7 Å². The maximum absolute atomic E-state index is 14.2. The van der Waals surface area contributed by atoms with Gasteiger partial charge in [-0.3, -0.25) is 9.59 Å². The molecule has 4 atom stereocenters. The van der Waals surface area contributed by atoms with E-state index in [0.717, 1.165) is 109 Å². The van der Waals surface area contributed by atoms with Crippen LogP contribution >= 0.6 is 54.0 Å². The lowest BCUT2D eigenvalue weighted by atomic mass is 10.0. The van der Waals surface area contributed by atoms with Crippen LogP contribution in [-0.2, 0) is 30.4 Å². The standard InChI is InChI=1S/C46H58N8O7.4H2S/c1-28(2)38(52-45(58)60-4)43(56)53-22-9-11-36(53)40-47-25-34(48-40)31-16-12-29(13-17-31)30-14-18-32(19-15-30)39-35-26-61-23-8-6-5-7-10-33(50-44(57)59-3)42(55)54-27-46(20-21-46)24-37(54)41(49-35)51-39;;;;/h12-19,25,28,33,36-38H,5-11,20-24,26-27H2,1-4H3,(H,47,48)(H,49,51)(H,50,57)(H,52,58);4*1H2/t33-,36-,37-,38-;;;;/m0..../s1. The highest BCUT2D eigenvalue weighted by atomic mass is 32.1. The van der Waals surface area contributed by atoms with Gasteiger partial charge in [0.1, 0.15) is 23.7 Å². The van der Waals surface area contributed by atoms with Crippen molar-refractivity contribution in [3.8, 4) is 33.6 Å². The van der Waals surface area contributed by atoms with E-state index in [-0.39, 0.29) is 89.2 Å². The minimum atomic E-state index is -0.692. The van der Waals surface area contributed by atoms with Crippen LogP contribution < -0.4 is 10.6 Å². The molecule has 2 bridgehead atoms. The smallest absolute Gasteiger partial charge is 0.407 e. The zero-order valence-corrected chi connectivity index (χ0v) is 41.6. The maximum Gasteiger partial charge on any atom is 0.407 e. The molecule has 1 saturated carbocycles. The fraction of sp³-hybridized carbons (Fsp3) is 0.522. The van der Waals surface area contributed by atoms with Crippen molar-refractivity contribution in [3.63, 3.8) is 0 Å². The Morgan fingerprint density at radius 2 is 1.45 bits per heavy atom. The molecule has 8 rings (SSSR count). The minimum absolute atomic E-state index is 0. The molecule has 0 radical (unpaired) electrons. The van der Waals surface area contributed by atoms with Crippen molar-refractivity contribution in [2.45, 2.75) is 109 Å². The molecule has 4 amide bonds. The SMILES string of the molecule is COC(=O)N[C@H]1CCCCCCOCc2[nH]c(nc2-c2ccc(-c3ccc(-c4cnc([C@@H]5CCCN5C(=O)[C@@H](NC(=O)OC)C(C)C)[nH]4)cc3)cc2)[C@@H]2CC3(CC3)CN2C1=O.S.S.S.S. The van der Waals surface area contributed by atoms with Crippen LogP contribution in [0.25, 0.3) is 33.6 Å². The van der Waals surface area contributed by atoms with E-state index in [1.54, 1.807) is 0 Å². The number of methoxy groups -OCH3 is 2. The van der Waals surface area contributed by atoms with Crippen LogP contribution in [0.3, 0.4) is 0 Å². The summed E-state index contributed by atoms with van der Waals surface area (Å²) in [7, 11) is 2.62.